The molecule has 6 nitrogen and oxygen atoms in total. The first-order chi connectivity index (χ1) is 14.4. The van der Waals surface area contributed by atoms with Gasteiger partial charge in [0, 0.05) is 19.1 Å². The van der Waals surface area contributed by atoms with E-state index in [4.69, 9.17) is 0 Å². The number of thiophene rings is 1. The SMILES string of the molecule is C[C@@H](NC(=O)N1CCC(NS(=O)(=O)c2cccs2)CC1)c1ccc2ccccc2c1. The third-order valence-electron chi connectivity index (χ3n) is 5.48. The molecule has 158 valence electrons. The topological polar surface area (TPSA) is 78.5 Å². The molecule has 1 aliphatic heterocycles. The lowest BCUT2D eigenvalue weighted by molar-refractivity contribution is 0.177. The maximum absolute atomic E-state index is 12.7. The van der Waals surface area contributed by atoms with E-state index in [0.717, 1.165) is 10.9 Å². The number of rotatable bonds is 5. The molecule has 4 rings (SSSR count). The number of carbonyl (C=O) groups is 1. The van der Waals surface area contributed by atoms with Gasteiger partial charge in [0.2, 0.25) is 10.0 Å². The highest BCUT2D eigenvalue weighted by molar-refractivity contribution is 7.91. The highest BCUT2D eigenvalue weighted by Gasteiger charge is 2.27. The van der Waals surface area contributed by atoms with Gasteiger partial charge in [0.05, 0.1) is 6.04 Å². The fourth-order valence-corrected chi connectivity index (χ4v) is 6.05. The number of nitrogens with one attached hydrogen (secondary N) is 2. The minimum atomic E-state index is -3.48. The van der Waals surface area contributed by atoms with Crippen LogP contribution in [0.5, 0.6) is 0 Å². The maximum Gasteiger partial charge on any atom is 0.317 e. The van der Waals surface area contributed by atoms with Crippen molar-refractivity contribution < 1.29 is 13.2 Å². The van der Waals surface area contributed by atoms with E-state index in [2.05, 4.69) is 34.3 Å². The van der Waals surface area contributed by atoms with Crippen molar-refractivity contribution in [2.45, 2.75) is 36.1 Å². The first-order valence-corrected chi connectivity index (χ1v) is 12.4. The fourth-order valence-electron chi connectivity index (χ4n) is 3.73. The van der Waals surface area contributed by atoms with Crippen LogP contribution in [0.2, 0.25) is 0 Å². The molecule has 0 bridgehead atoms. The van der Waals surface area contributed by atoms with Gasteiger partial charge in [0.25, 0.3) is 0 Å². The number of carbonyl (C=O) groups excluding carboxylic acids is 1. The van der Waals surface area contributed by atoms with E-state index in [0.29, 0.717) is 30.1 Å². The summed E-state index contributed by atoms with van der Waals surface area (Å²) >= 11 is 1.20. The fraction of sp³-hybridized carbons (Fsp3) is 0.318. The van der Waals surface area contributed by atoms with Crippen LogP contribution in [-0.2, 0) is 10.0 Å². The molecule has 30 heavy (non-hydrogen) atoms. The molecule has 0 spiro atoms. The number of nitrogens with zero attached hydrogens (tertiary/aromatic N) is 1. The molecule has 2 heterocycles. The van der Waals surface area contributed by atoms with Crippen LogP contribution in [0, 0.1) is 0 Å². The van der Waals surface area contributed by atoms with E-state index in [-0.39, 0.29) is 18.1 Å². The number of urea groups is 1. The molecular formula is C22H25N3O3S2. The molecule has 2 N–H and O–H groups in total. The first kappa shape index (κ1) is 20.8. The smallest absolute Gasteiger partial charge is 0.317 e. The van der Waals surface area contributed by atoms with Gasteiger partial charge in [-0.05, 0) is 53.6 Å². The van der Waals surface area contributed by atoms with E-state index in [1.54, 1.807) is 22.4 Å². The Balaban J connectivity index is 1.31. The summed E-state index contributed by atoms with van der Waals surface area (Å²) in [5.41, 5.74) is 1.06. The van der Waals surface area contributed by atoms with Gasteiger partial charge < -0.3 is 10.2 Å². The van der Waals surface area contributed by atoms with Gasteiger partial charge in [-0.2, -0.15) is 0 Å². The summed E-state index contributed by atoms with van der Waals surface area (Å²) in [4.78, 5) is 14.5. The average Bonchev–Trinajstić information content (AvgIpc) is 3.29. The van der Waals surface area contributed by atoms with Crippen molar-refractivity contribution >= 4 is 38.2 Å². The van der Waals surface area contributed by atoms with E-state index in [1.807, 2.05) is 25.1 Å². The van der Waals surface area contributed by atoms with Crippen molar-refractivity contribution in [3.63, 3.8) is 0 Å². The van der Waals surface area contributed by atoms with Gasteiger partial charge in [-0.3, -0.25) is 0 Å². The summed E-state index contributed by atoms with van der Waals surface area (Å²) in [6.45, 7) is 3.02. The Labute approximate surface area is 181 Å². The van der Waals surface area contributed by atoms with Crippen molar-refractivity contribution in [1.29, 1.82) is 0 Å². The lowest BCUT2D eigenvalue weighted by atomic mass is 10.0. The Hall–Kier alpha value is -2.42. The van der Waals surface area contributed by atoms with E-state index < -0.39 is 10.0 Å². The van der Waals surface area contributed by atoms with Crippen LogP contribution < -0.4 is 10.0 Å². The molecule has 2 amide bonds. The Morgan fingerprint density at radius 3 is 2.50 bits per heavy atom. The molecule has 2 aromatic carbocycles. The molecule has 1 fully saturated rings. The van der Waals surface area contributed by atoms with Crippen LogP contribution in [0.4, 0.5) is 4.79 Å². The van der Waals surface area contributed by atoms with Gasteiger partial charge in [0.15, 0.2) is 0 Å². The Morgan fingerprint density at radius 1 is 1.07 bits per heavy atom. The first-order valence-electron chi connectivity index (χ1n) is 10.0. The quantitative estimate of drug-likeness (QED) is 0.623. The number of hydrogen-bond donors (Lipinski definition) is 2. The second-order valence-electron chi connectivity index (χ2n) is 7.59. The van der Waals surface area contributed by atoms with Crippen LogP contribution in [0.15, 0.2) is 64.2 Å². The molecule has 8 heteroatoms. The van der Waals surface area contributed by atoms with Crippen LogP contribution in [0.1, 0.15) is 31.4 Å². The molecule has 0 aliphatic carbocycles. The summed E-state index contributed by atoms with van der Waals surface area (Å²) in [6, 6.07) is 17.3. The van der Waals surface area contributed by atoms with Crippen molar-refractivity contribution in [2.24, 2.45) is 0 Å². The zero-order valence-electron chi connectivity index (χ0n) is 16.7. The highest BCUT2D eigenvalue weighted by atomic mass is 32.2. The summed E-state index contributed by atoms with van der Waals surface area (Å²) in [6.07, 6.45) is 1.20. The normalized spacial score (nSPS) is 16.5. The molecule has 1 atom stereocenters. The Morgan fingerprint density at radius 2 is 1.80 bits per heavy atom. The monoisotopic (exact) mass is 443 g/mol. The molecular weight excluding hydrogens is 418 g/mol. The molecule has 0 unspecified atom stereocenters. The Kier molecular flexibility index (Phi) is 6.08. The van der Waals surface area contributed by atoms with E-state index in [1.165, 1.54) is 16.7 Å². The third-order valence-corrected chi connectivity index (χ3v) is 8.40. The van der Waals surface area contributed by atoms with Gasteiger partial charge in [-0.1, -0.05) is 42.5 Å². The predicted octanol–water partition coefficient (Wildman–Crippen LogP) is 4.11. The molecule has 0 saturated carbocycles. The van der Waals surface area contributed by atoms with Crippen LogP contribution in [0.3, 0.4) is 0 Å². The molecule has 1 aliphatic rings. The summed E-state index contributed by atoms with van der Waals surface area (Å²) < 4.78 is 27.8. The van der Waals surface area contributed by atoms with Crippen LogP contribution >= 0.6 is 11.3 Å². The number of likely N-dealkylation sites (tertiary alicyclic amines) is 1. The summed E-state index contributed by atoms with van der Waals surface area (Å²) in [7, 11) is -3.48. The lowest BCUT2D eigenvalue weighted by Gasteiger charge is -2.33. The standard InChI is InChI=1S/C22H25N3O3S2/c1-16(18-9-8-17-5-2-3-6-19(17)15-18)23-22(26)25-12-10-20(11-13-25)24-30(27,28)21-7-4-14-29-21/h2-9,14-16,20,24H,10-13H2,1H3,(H,23,26)/t16-/m1/s1. The molecule has 1 aromatic heterocycles. The number of benzene rings is 2. The average molecular weight is 444 g/mol. The molecule has 1 saturated heterocycles. The Bertz CT molecular complexity index is 1120. The molecule has 3 aromatic rings. The number of hydrogen-bond acceptors (Lipinski definition) is 4. The van der Waals surface area contributed by atoms with Crippen LogP contribution in [0.25, 0.3) is 10.8 Å². The minimum Gasteiger partial charge on any atom is -0.331 e. The second-order valence-corrected chi connectivity index (χ2v) is 10.5. The van der Waals surface area contributed by atoms with Gasteiger partial charge >= 0.3 is 6.03 Å². The van der Waals surface area contributed by atoms with Crippen molar-refractivity contribution in [2.75, 3.05) is 13.1 Å². The number of piperidine rings is 1. The minimum absolute atomic E-state index is 0.114. The summed E-state index contributed by atoms with van der Waals surface area (Å²) in [5.74, 6) is 0. The predicted molar refractivity (Wildman–Crippen MR) is 120 cm³/mol. The number of fused-ring (bicyclic) bond motifs is 1. The summed E-state index contributed by atoms with van der Waals surface area (Å²) in [5, 5.41) is 7.14. The second kappa shape index (κ2) is 8.75. The van der Waals surface area contributed by atoms with E-state index in [9.17, 15) is 13.2 Å². The molecule has 0 radical (unpaired) electrons. The van der Waals surface area contributed by atoms with Gasteiger partial charge in [-0.15, -0.1) is 11.3 Å². The maximum atomic E-state index is 12.7. The highest BCUT2D eigenvalue weighted by Crippen LogP contribution is 2.22. The third kappa shape index (κ3) is 4.66. The lowest BCUT2D eigenvalue weighted by Crippen LogP contribution is -2.49. The van der Waals surface area contributed by atoms with Crippen molar-refractivity contribution in [3.05, 3.63) is 65.5 Å². The van der Waals surface area contributed by atoms with Crippen molar-refractivity contribution in [1.82, 2.24) is 14.9 Å². The zero-order valence-corrected chi connectivity index (χ0v) is 18.4. The van der Waals surface area contributed by atoms with Crippen LogP contribution in [-0.4, -0.2) is 38.5 Å². The van der Waals surface area contributed by atoms with Gasteiger partial charge in [0.1, 0.15) is 4.21 Å². The number of amides is 2. The van der Waals surface area contributed by atoms with Crippen molar-refractivity contribution in [3.8, 4) is 0 Å². The van der Waals surface area contributed by atoms with Gasteiger partial charge in [-0.25, -0.2) is 17.9 Å². The largest absolute Gasteiger partial charge is 0.331 e. The number of sulfonamides is 1. The zero-order chi connectivity index (χ0) is 21.1. The van der Waals surface area contributed by atoms with E-state index >= 15 is 0 Å².